The number of amides is 1. The molecule has 0 aliphatic heterocycles. The molecule has 5 N–H and O–H groups in total. The number of nitrogens with two attached hydrogens (primary N) is 2. The van der Waals surface area contributed by atoms with E-state index in [9.17, 15) is 23.1 Å². The van der Waals surface area contributed by atoms with Gasteiger partial charge in [0.25, 0.3) is 5.91 Å². The number of aromatic hydroxyl groups is 1. The van der Waals surface area contributed by atoms with Crippen LogP contribution in [-0.4, -0.2) is 27.7 Å². The van der Waals surface area contributed by atoms with Crippen LogP contribution in [-0.2, 0) is 17.8 Å². The molecule has 0 aliphatic carbocycles. The van der Waals surface area contributed by atoms with Crippen LogP contribution >= 0.6 is 23.2 Å². The molecule has 2 aromatic rings. The number of aromatic nitrogens is 1. The molecule has 136 valence electrons. The quantitative estimate of drug-likeness (QED) is 0.545. The van der Waals surface area contributed by atoms with Crippen LogP contribution in [0.2, 0.25) is 10.0 Å². The Morgan fingerprint density at radius 2 is 1.76 bits per heavy atom. The number of fused-ring (bicyclic) bond motifs is 1. The topological polar surface area (TPSA) is 107 Å². The summed E-state index contributed by atoms with van der Waals surface area (Å²) in [6, 6.07) is 2.67. The highest BCUT2D eigenvalue weighted by molar-refractivity contribution is 6.43. The number of aliphatic imine (C=N–C) groups is 1. The zero-order valence-electron chi connectivity index (χ0n) is 12.6. The largest absolute Gasteiger partial charge is 0.494 e. The normalized spacial score (nSPS) is 11.7. The summed E-state index contributed by atoms with van der Waals surface area (Å²) in [7, 11) is 0. The van der Waals surface area contributed by atoms with Crippen LogP contribution < -0.4 is 11.5 Å². The van der Waals surface area contributed by atoms with Gasteiger partial charge in [-0.15, -0.1) is 0 Å². The monoisotopic (exact) mass is 396 g/mol. The first-order valence-electron chi connectivity index (χ1n) is 6.88. The lowest BCUT2D eigenvalue weighted by Crippen LogP contribution is -2.25. The molecule has 1 amide bonds. The van der Waals surface area contributed by atoms with Gasteiger partial charge in [0.1, 0.15) is 0 Å². The maximum atomic E-state index is 12.6. The summed E-state index contributed by atoms with van der Waals surface area (Å²) in [6.45, 7) is -0.594. The Kier molecular flexibility index (Phi) is 5.38. The third-order valence-electron chi connectivity index (χ3n) is 3.39. The Hall–Kier alpha value is -2.13. The number of carbonyl (C=O) groups excluding carboxylic acids is 1. The standard InChI is InChI=1S/C14H13Cl2F3N4O2/c15-8-3-6-7(4-9(8)16)12(25)23(2-1-14(17,18)19)10(6)5-11(24)22-13(20)21/h3-4,25H,1-2,5H2,(H4,20,21,22,24). The number of benzene rings is 1. The van der Waals surface area contributed by atoms with Gasteiger partial charge in [-0.1, -0.05) is 23.2 Å². The van der Waals surface area contributed by atoms with Gasteiger partial charge in [-0.05, 0) is 12.1 Å². The maximum absolute atomic E-state index is 12.6. The van der Waals surface area contributed by atoms with Gasteiger partial charge in [-0.25, -0.2) is 0 Å². The molecule has 0 radical (unpaired) electrons. The van der Waals surface area contributed by atoms with Crippen LogP contribution in [0, 0.1) is 0 Å². The summed E-state index contributed by atoms with van der Waals surface area (Å²) in [5.41, 5.74) is 10.4. The van der Waals surface area contributed by atoms with Crippen molar-refractivity contribution in [2.24, 2.45) is 16.5 Å². The van der Waals surface area contributed by atoms with Crippen molar-refractivity contribution in [3.05, 3.63) is 27.9 Å². The molecule has 0 atom stereocenters. The van der Waals surface area contributed by atoms with Crippen LogP contribution in [0.15, 0.2) is 17.1 Å². The number of halogens is 5. The zero-order chi connectivity index (χ0) is 18.9. The van der Waals surface area contributed by atoms with Gasteiger partial charge in [-0.3, -0.25) is 4.79 Å². The van der Waals surface area contributed by atoms with E-state index in [1.54, 1.807) is 0 Å². The van der Waals surface area contributed by atoms with E-state index in [2.05, 4.69) is 4.99 Å². The van der Waals surface area contributed by atoms with E-state index in [0.717, 1.165) is 4.57 Å². The van der Waals surface area contributed by atoms with Crippen molar-refractivity contribution < 1.29 is 23.1 Å². The molecule has 25 heavy (non-hydrogen) atoms. The SMILES string of the molecule is NC(N)=NC(=O)Cc1c2cc(Cl)c(Cl)cc2c(O)n1CCC(F)(F)F. The Balaban J connectivity index is 2.59. The summed E-state index contributed by atoms with van der Waals surface area (Å²) in [5.74, 6) is -1.71. The fraction of sp³-hybridized carbons (Fsp3) is 0.286. The second-order valence-electron chi connectivity index (χ2n) is 5.21. The molecule has 2 rings (SSSR count). The lowest BCUT2D eigenvalue weighted by molar-refractivity contribution is -0.136. The predicted octanol–water partition coefficient (Wildman–Crippen LogP) is 2.95. The van der Waals surface area contributed by atoms with Crippen molar-refractivity contribution in [1.29, 1.82) is 0 Å². The van der Waals surface area contributed by atoms with Crippen molar-refractivity contribution in [3.63, 3.8) is 0 Å². The number of hydrogen-bond acceptors (Lipinski definition) is 2. The van der Waals surface area contributed by atoms with Crippen molar-refractivity contribution in [3.8, 4) is 5.88 Å². The summed E-state index contributed by atoms with van der Waals surface area (Å²) < 4.78 is 38.7. The Morgan fingerprint density at radius 3 is 2.28 bits per heavy atom. The lowest BCUT2D eigenvalue weighted by Gasteiger charge is -2.11. The zero-order valence-corrected chi connectivity index (χ0v) is 14.1. The van der Waals surface area contributed by atoms with Crippen molar-refractivity contribution >= 4 is 45.8 Å². The molecule has 0 unspecified atom stereocenters. The summed E-state index contributed by atoms with van der Waals surface area (Å²) in [4.78, 5) is 15.2. The Morgan fingerprint density at radius 1 is 1.20 bits per heavy atom. The molecule has 0 fully saturated rings. The van der Waals surface area contributed by atoms with Gasteiger partial charge in [-0.2, -0.15) is 18.2 Å². The summed E-state index contributed by atoms with van der Waals surface area (Å²) in [6.07, 6.45) is -6.07. The third kappa shape index (κ3) is 4.49. The first-order valence-corrected chi connectivity index (χ1v) is 7.63. The third-order valence-corrected chi connectivity index (χ3v) is 4.11. The molecule has 6 nitrogen and oxygen atoms in total. The van der Waals surface area contributed by atoms with E-state index in [-0.39, 0.29) is 26.5 Å². The summed E-state index contributed by atoms with van der Waals surface area (Å²) >= 11 is 11.8. The van der Waals surface area contributed by atoms with E-state index >= 15 is 0 Å². The van der Waals surface area contributed by atoms with Gasteiger partial charge >= 0.3 is 6.18 Å². The minimum atomic E-state index is -4.45. The smallest absolute Gasteiger partial charge is 0.390 e. The van der Waals surface area contributed by atoms with Crippen molar-refractivity contribution in [1.82, 2.24) is 4.57 Å². The minimum absolute atomic E-state index is 0.102. The molecule has 0 saturated heterocycles. The molecular weight excluding hydrogens is 384 g/mol. The van der Waals surface area contributed by atoms with Gasteiger partial charge in [0.05, 0.1) is 22.9 Å². The lowest BCUT2D eigenvalue weighted by atomic mass is 10.1. The van der Waals surface area contributed by atoms with Crippen molar-refractivity contribution in [2.75, 3.05) is 0 Å². The van der Waals surface area contributed by atoms with Crippen LogP contribution in [0.4, 0.5) is 13.2 Å². The second-order valence-corrected chi connectivity index (χ2v) is 6.02. The van der Waals surface area contributed by atoms with Crippen LogP contribution in [0.5, 0.6) is 5.88 Å². The number of hydrogen-bond donors (Lipinski definition) is 3. The summed E-state index contributed by atoms with van der Waals surface area (Å²) in [5, 5.41) is 11.0. The van der Waals surface area contributed by atoms with E-state index in [1.165, 1.54) is 12.1 Å². The molecule has 1 aromatic heterocycles. The number of carbonyl (C=O) groups is 1. The van der Waals surface area contributed by atoms with Gasteiger partial charge < -0.3 is 21.1 Å². The fourth-order valence-electron chi connectivity index (χ4n) is 2.39. The predicted molar refractivity (Wildman–Crippen MR) is 88.8 cm³/mol. The highest BCUT2D eigenvalue weighted by atomic mass is 35.5. The number of alkyl halides is 3. The number of guanidine groups is 1. The van der Waals surface area contributed by atoms with E-state index in [1.807, 2.05) is 0 Å². The number of nitrogens with zero attached hydrogens (tertiary/aromatic N) is 2. The van der Waals surface area contributed by atoms with Crippen LogP contribution in [0.25, 0.3) is 10.8 Å². The molecule has 11 heteroatoms. The highest BCUT2D eigenvalue weighted by Gasteiger charge is 2.29. The van der Waals surface area contributed by atoms with Crippen molar-refractivity contribution in [2.45, 2.75) is 25.6 Å². The minimum Gasteiger partial charge on any atom is -0.494 e. The maximum Gasteiger partial charge on any atom is 0.390 e. The van der Waals surface area contributed by atoms with Gasteiger partial charge in [0.15, 0.2) is 11.8 Å². The van der Waals surface area contributed by atoms with E-state index < -0.39 is 43.3 Å². The van der Waals surface area contributed by atoms with Crippen LogP contribution in [0.3, 0.4) is 0 Å². The molecular formula is C14H13Cl2F3N4O2. The molecule has 1 heterocycles. The molecule has 0 bridgehead atoms. The average molecular weight is 397 g/mol. The Bertz CT molecular complexity index is 858. The fourth-order valence-corrected chi connectivity index (χ4v) is 2.71. The van der Waals surface area contributed by atoms with E-state index in [0.29, 0.717) is 0 Å². The molecule has 0 saturated carbocycles. The first-order chi connectivity index (χ1) is 11.5. The highest BCUT2D eigenvalue weighted by Crippen LogP contribution is 2.38. The average Bonchev–Trinajstić information content (AvgIpc) is 2.68. The van der Waals surface area contributed by atoms with Gasteiger partial charge in [0.2, 0.25) is 0 Å². The van der Waals surface area contributed by atoms with Gasteiger partial charge in [0, 0.05) is 23.0 Å². The molecule has 0 aliphatic rings. The first kappa shape index (κ1) is 19.2. The molecule has 0 spiro atoms. The Labute approximate surface area is 149 Å². The number of rotatable bonds is 4. The van der Waals surface area contributed by atoms with E-state index in [4.69, 9.17) is 34.7 Å². The molecule has 1 aromatic carbocycles. The van der Waals surface area contributed by atoms with Crippen LogP contribution in [0.1, 0.15) is 12.1 Å². The second kappa shape index (κ2) is 7.01.